The van der Waals surface area contributed by atoms with Crippen molar-refractivity contribution in [2.45, 2.75) is 12.3 Å². The Morgan fingerprint density at radius 3 is 2.67 bits per heavy atom. The molecule has 0 saturated carbocycles. The minimum atomic E-state index is -1.20. The molecule has 0 aliphatic heterocycles. The van der Waals surface area contributed by atoms with Crippen LogP contribution in [0.4, 0.5) is 0 Å². The van der Waals surface area contributed by atoms with E-state index >= 15 is 0 Å². The zero-order valence-electron chi connectivity index (χ0n) is 11.6. The maximum absolute atomic E-state index is 6.88. The van der Waals surface area contributed by atoms with Crippen LogP contribution in [0.15, 0.2) is 66.8 Å². The van der Waals surface area contributed by atoms with Gasteiger partial charge in [-0.25, -0.2) is 0 Å². The molecule has 0 amide bonds. The van der Waals surface area contributed by atoms with Crippen molar-refractivity contribution < 1.29 is 0 Å². The highest BCUT2D eigenvalue weighted by atomic mass is 35.6. The fourth-order valence-corrected chi connectivity index (χ4v) is 5.75. The zero-order valence-corrected chi connectivity index (χ0v) is 13.3. The highest BCUT2D eigenvalue weighted by molar-refractivity contribution is 7.18. The summed E-state index contributed by atoms with van der Waals surface area (Å²) in [5.41, 5.74) is 4.27. The van der Waals surface area contributed by atoms with Gasteiger partial charge in [-0.2, -0.15) is 0 Å². The molecule has 0 saturated heterocycles. The lowest BCUT2D eigenvalue weighted by Gasteiger charge is -2.28. The van der Waals surface area contributed by atoms with Gasteiger partial charge in [0.15, 0.2) is 7.72 Å². The summed E-state index contributed by atoms with van der Waals surface area (Å²) in [7, 11) is -1.20. The largest absolute Gasteiger partial charge is 0.163 e. The topological polar surface area (TPSA) is 0 Å². The molecular formula is C19H15ClSi. The van der Waals surface area contributed by atoms with Crippen molar-refractivity contribution in [3.05, 3.63) is 83.4 Å². The average Bonchev–Trinajstić information content (AvgIpc) is 2.56. The summed E-state index contributed by atoms with van der Waals surface area (Å²) in [6, 6.07) is 17.1. The molecule has 2 heteroatoms. The third kappa shape index (κ3) is 2.17. The fraction of sp³-hybridized carbons (Fsp3) is 0.105. The van der Waals surface area contributed by atoms with E-state index in [4.69, 9.17) is 11.1 Å². The normalized spacial score (nSPS) is 21.1. The van der Waals surface area contributed by atoms with Crippen LogP contribution in [0.5, 0.6) is 0 Å². The van der Waals surface area contributed by atoms with Gasteiger partial charge in [0, 0.05) is 5.92 Å². The Bertz CT molecular complexity index is 784. The van der Waals surface area contributed by atoms with Crippen LogP contribution in [-0.2, 0) is 6.42 Å². The van der Waals surface area contributed by atoms with E-state index in [0.29, 0.717) is 5.92 Å². The fourth-order valence-electron chi connectivity index (χ4n) is 3.27. The molecule has 2 aromatic carbocycles. The maximum Gasteiger partial charge on any atom is 0.163 e. The molecule has 0 nitrogen and oxygen atoms in total. The van der Waals surface area contributed by atoms with Gasteiger partial charge in [-0.15, -0.1) is 11.1 Å². The van der Waals surface area contributed by atoms with E-state index in [1.807, 2.05) is 6.07 Å². The molecule has 2 aliphatic rings. The standard InChI is InChI=1S/C19H15ClSi/c20-21(16-9-2-1-3-10-16)18-13-12-15-7-4-6-14-8-5-11-17(18)19(14)15/h1-7,9-13,17H,8H2. The van der Waals surface area contributed by atoms with E-state index in [-0.39, 0.29) is 0 Å². The molecule has 2 aromatic rings. The van der Waals surface area contributed by atoms with Crippen LogP contribution in [0.3, 0.4) is 0 Å². The number of hydrogen-bond donors (Lipinski definition) is 0. The summed E-state index contributed by atoms with van der Waals surface area (Å²) in [5.74, 6) is 0.363. The first-order chi connectivity index (χ1) is 10.3. The van der Waals surface area contributed by atoms with E-state index < -0.39 is 7.72 Å². The monoisotopic (exact) mass is 306 g/mol. The molecule has 0 fully saturated rings. The summed E-state index contributed by atoms with van der Waals surface area (Å²) < 4.78 is 0. The molecule has 1 unspecified atom stereocenters. The summed E-state index contributed by atoms with van der Waals surface area (Å²) in [6.07, 6.45) is 10.1. The molecule has 4 rings (SSSR count). The average molecular weight is 307 g/mol. The van der Waals surface area contributed by atoms with Crippen LogP contribution >= 0.6 is 11.1 Å². The number of allylic oxidation sites excluding steroid dienone is 3. The SMILES string of the molecule is Cl[Si](=C1C=Cc2cccc3c2C1C=CC3)c1ccccc1. The van der Waals surface area contributed by atoms with Gasteiger partial charge < -0.3 is 0 Å². The highest BCUT2D eigenvalue weighted by Gasteiger charge is 2.26. The molecule has 0 aromatic heterocycles. The molecule has 0 bridgehead atoms. The van der Waals surface area contributed by atoms with Crippen LogP contribution in [0.25, 0.3) is 6.08 Å². The Hall–Kier alpha value is -1.70. The number of rotatable bonds is 1. The highest BCUT2D eigenvalue weighted by Crippen LogP contribution is 2.35. The van der Waals surface area contributed by atoms with Crippen molar-refractivity contribution in [1.82, 2.24) is 0 Å². The van der Waals surface area contributed by atoms with Crippen LogP contribution in [0.1, 0.15) is 22.6 Å². The summed E-state index contributed by atoms with van der Waals surface area (Å²) in [6.45, 7) is 0. The molecule has 0 spiro atoms. The predicted molar refractivity (Wildman–Crippen MR) is 93.8 cm³/mol. The van der Waals surface area contributed by atoms with E-state index in [1.165, 1.54) is 27.0 Å². The maximum atomic E-state index is 6.88. The molecule has 0 N–H and O–H groups in total. The second kappa shape index (κ2) is 5.25. The first kappa shape index (κ1) is 13.0. The number of benzene rings is 2. The Morgan fingerprint density at radius 2 is 1.81 bits per heavy atom. The summed E-state index contributed by atoms with van der Waals surface area (Å²) in [5, 5.41) is 2.65. The lowest BCUT2D eigenvalue weighted by atomic mass is 9.80. The van der Waals surface area contributed by atoms with Crippen LogP contribution in [-0.4, -0.2) is 12.9 Å². The van der Waals surface area contributed by atoms with Crippen LogP contribution in [0, 0.1) is 0 Å². The van der Waals surface area contributed by atoms with Crippen molar-refractivity contribution in [3.8, 4) is 0 Å². The van der Waals surface area contributed by atoms with Crippen LogP contribution < -0.4 is 5.19 Å². The zero-order chi connectivity index (χ0) is 14.2. The van der Waals surface area contributed by atoms with Gasteiger partial charge in [0.2, 0.25) is 0 Å². The predicted octanol–water partition coefficient (Wildman–Crippen LogP) is 3.80. The Balaban J connectivity index is 1.91. The Morgan fingerprint density at radius 1 is 0.952 bits per heavy atom. The Kier molecular flexibility index (Phi) is 3.25. The van der Waals surface area contributed by atoms with Gasteiger partial charge in [0.05, 0.1) is 0 Å². The van der Waals surface area contributed by atoms with Crippen molar-refractivity contribution in [2.75, 3.05) is 0 Å². The molecule has 1 atom stereocenters. The lowest BCUT2D eigenvalue weighted by molar-refractivity contribution is 1.03. The minimum Gasteiger partial charge on any atom is -0.133 e. The summed E-state index contributed by atoms with van der Waals surface area (Å²) in [4.78, 5) is 0. The van der Waals surface area contributed by atoms with Crippen molar-refractivity contribution >= 4 is 35.2 Å². The van der Waals surface area contributed by atoms with Gasteiger partial charge in [-0.1, -0.05) is 72.8 Å². The van der Waals surface area contributed by atoms with Crippen molar-refractivity contribution in [3.63, 3.8) is 0 Å². The van der Waals surface area contributed by atoms with Gasteiger partial charge in [0.1, 0.15) is 0 Å². The summed E-state index contributed by atoms with van der Waals surface area (Å²) >= 11 is 6.88. The Labute approximate surface area is 131 Å². The van der Waals surface area contributed by atoms with E-state index in [1.54, 1.807) is 0 Å². The van der Waals surface area contributed by atoms with Crippen LogP contribution in [0.2, 0.25) is 0 Å². The van der Waals surface area contributed by atoms with Crippen molar-refractivity contribution in [2.24, 2.45) is 0 Å². The molecule has 0 radical (unpaired) electrons. The molecule has 102 valence electrons. The van der Waals surface area contributed by atoms with E-state index in [0.717, 1.165) is 6.42 Å². The number of hydrogen-bond acceptors (Lipinski definition) is 0. The quantitative estimate of drug-likeness (QED) is 0.427. The van der Waals surface area contributed by atoms with E-state index in [9.17, 15) is 0 Å². The third-order valence-corrected chi connectivity index (χ3v) is 7.40. The second-order valence-electron chi connectivity index (χ2n) is 5.50. The molecule has 2 aliphatic carbocycles. The first-order valence-electron chi connectivity index (χ1n) is 7.26. The van der Waals surface area contributed by atoms with Gasteiger partial charge in [0.25, 0.3) is 0 Å². The number of halogens is 1. The smallest absolute Gasteiger partial charge is 0.133 e. The molecule has 21 heavy (non-hydrogen) atoms. The van der Waals surface area contributed by atoms with Gasteiger partial charge in [-0.05, 0) is 33.5 Å². The molecular weight excluding hydrogens is 292 g/mol. The van der Waals surface area contributed by atoms with Crippen molar-refractivity contribution in [1.29, 1.82) is 0 Å². The third-order valence-electron chi connectivity index (χ3n) is 4.27. The first-order valence-corrected chi connectivity index (χ1v) is 9.77. The van der Waals surface area contributed by atoms with Gasteiger partial charge in [-0.3, -0.25) is 0 Å². The van der Waals surface area contributed by atoms with E-state index in [2.05, 4.69) is 66.8 Å². The molecule has 0 heterocycles. The minimum absolute atomic E-state index is 0.363. The van der Waals surface area contributed by atoms with Gasteiger partial charge >= 0.3 is 0 Å². The second-order valence-corrected chi connectivity index (χ2v) is 8.42. The lowest BCUT2D eigenvalue weighted by Crippen LogP contribution is -2.30.